The van der Waals surface area contributed by atoms with Crippen LogP contribution in [0, 0.1) is 0 Å². The molecule has 0 aromatic heterocycles. The predicted molar refractivity (Wildman–Crippen MR) is 111 cm³/mol. The molecule has 3 aromatic rings. The van der Waals surface area contributed by atoms with Crippen molar-refractivity contribution in [2.24, 2.45) is 0 Å². The van der Waals surface area contributed by atoms with Crippen molar-refractivity contribution in [2.75, 3.05) is 11.8 Å². The molecule has 0 aliphatic carbocycles. The maximum absolute atomic E-state index is 12.9. The molecule has 1 amide bonds. The standard InChI is InChI=1S/C22H22N2O3S/c1-24(16-18-10-4-2-5-11-18)22(25)20-14-8-9-15-21(20)23-28(26,27)17-19-12-6-3-7-13-19/h2-15,23H,16-17H2,1H3. The van der Waals surface area contributed by atoms with E-state index in [4.69, 9.17) is 0 Å². The first-order chi connectivity index (χ1) is 13.4. The fourth-order valence-electron chi connectivity index (χ4n) is 2.89. The molecule has 6 heteroatoms. The first kappa shape index (κ1) is 19.6. The molecule has 3 rings (SSSR count). The highest BCUT2D eigenvalue weighted by atomic mass is 32.2. The number of amides is 1. The molecule has 0 saturated carbocycles. The average molecular weight is 394 g/mol. The van der Waals surface area contributed by atoms with Gasteiger partial charge in [0.05, 0.1) is 17.0 Å². The predicted octanol–water partition coefficient (Wildman–Crippen LogP) is 3.90. The Morgan fingerprint density at radius 3 is 2.00 bits per heavy atom. The minimum absolute atomic E-state index is 0.157. The van der Waals surface area contributed by atoms with Gasteiger partial charge in [-0.3, -0.25) is 9.52 Å². The van der Waals surface area contributed by atoms with Crippen LogP contribution in [0.3, 0.4) is 0 Å². The summed E-state index contributed by atoms with van der Waals surface area (Å²) in [7, 11) is -1.95. The highest BCUT2D eigenvalue weighted by molar-refractivity contribution is 7.91. The number of carbonyl (C=O) groups excluding carboxylic acids is 1. The third-order valence-corrected chi connectivity index (χ3v) is 5.48. The van der Waals surface area contributed by atoms with Crippen LogP contribution in [0.1, 0.15) is 21.5 Å². The molecule has 0 aliphatic heterocycles. The van der Waals surface area contributed by atoms with E-state index in [-0.39, 0.29) is 17.3 Å². The Hall–Kier alpha value is -3.12. The van der Waals surface area contributed by atoms with Crippen molar-refractivity contribution in [3.05, 3.63) is 102 Å². The maximum atomic E-state index is 12.9. The molecule has 0 fully saturated rings. The summed E-state index contributed by atoms with van der Waals surface area (Å²) in [6, 6.07) is 25.2. The minimum Gasteiger partial charge on any atom is -0.337 e. The third kappa shape index (κ3) is 5.20. The van der Waals surface area contributed by atoms with Gasteiger partial charge in [-0.1, -0.05) is 72.8 Å². The van der Waals surface area contributed by atoms with Crippen LogP contribution >= 0.6 is 0 Å². The normalized spacial score (nSPS) is 11.0. The molecular formula is C22H22N2O3S. The molecule has 5 nitrogen and oxygen atoms in total. The molecule has 0 atom stereocenters. The average Bonchev–Trinajstić information content (AvgIpc) is 2.68. The SMILES string of the molecule is CN(Cc1ccccc1)C(=O)c1ccccc1NS(=O)(=O)Cc1ccccc1. The van der Waals surface area contributed by atoms with Crippen LogP contribution in [-0.2, 0) is 22.3 Å². The summed E-state index contributed by atoms with van der Waals surface area (Å²) in [6.45, 7) is 0.435. The van der Waals surface area contributed by atoms with E-state index < -0.39 is 10.0 Å². The number of nitrogens with zero attached hydrogens (tertiary/aromatic N) is 1. The first-order valence-electron chi connectivity index (χ1n) is 8.87. The molecule has 0 heterocycles. The van der Waals surface area contributed by atoms with Crippen molar-refractivity contribution in [3.8, 4) is 0 Å². The van der Waals surface area contributed by atoms with E-state index in [1.807, 2.05) is 36.4 Å². The lowest BCUT2D eigenvalue weighted by Crippen LogP contribution is -2.27. The van der Waals surface area contributed by atoms with Crippen LogP contribution in [0.25, 0.3) is 0 Å². The summed E-state index contributed by atoms with van der Waals surface area (Å²) >= 11 is 0. The zero-order valence-corrected chi connectivity index (χ0v) is 16.4. The van der Waals surface area contributed by atoms with Gasteiger partial charge in [-0.15, -0.1) is 0 Å². The van der Waals surface area contributed by atoms with E-state index >= 15 is 0 Å². The van der Waals surface area contributed by atoms with Crippen molar-refractivity contribution < 1.29 is 13.2 Å². The van der Waals surface area contributed by atoms with Crippen molar-refractivity contribution >= 4 is 21.6 Å². The molecule has 1 N–H and O–H groups in total. The zero-order valence-electron chi connectivity index (χ0n) is 15.6. The molecule has 0 spiro atoms. The Morgan fingerprint density at radius 2 is 1.36 bits per heavy atom. The van der Waals surface area contributed by atoms with E-state index in [9.17, 15) is 13.2 Å². The van der Waals surface area contributed by atoms with Crippen molar-refractivity contribution in [1.82, 2.24) is 4.90 Å². The van der Waals surface area contributed by atoms with Crippen LogP contribution in [0.2, 0.25) is 0 Å². The lowest BCUT2D eigenvalue weighted by atomic mass is 10.1. The van der Waals surface area contributed by atoms with Gasteiger partial charge in [-0.25, -0.2) is 8.42 Å². The second kappa shape index (κ2) is 8.71. The van der Waals surface area contributed by atoms with Gasteiger partial charge in [0.2, 0.25) is 10.0 Å². The molecular weight excluding hydrogens is 372 g/mol. The Labute approximate surface area is 165 Å². The summed E-state index contributed by atoms with van der Waals surface area (Å²) in [6.07, 6.45) is 0. The number of anilines is 1. The maximum Gasteiger partial charge on any atom is 0.256 e. The summed E-state index contributed by atoms with van der Waals surface area (Å²) in [4.78, 5) is 14.5. The van der Waals surface area contributed by atoms with Gasteiger partial charge in [-0.05, 0) is 23.3 Å². The quantitative estimate of drug-likeness (QED) is 0.661. The lowest BCUT2D eigenvalue weighted by molar-refractivity contribution is 0.0786. The number of nitrogens with one attached hydrogen (secondary N) is 1. The number of hydrogen-bond acceptors (Lipinski definition) is 3. The summed E-state index contributed by atoms with van der Waals surface area (Å²) in [5.74, 6) is -0.405. The van der Waals surface area contributed by atoms with Crippen LogP contribution in [0.15, 0.2) is 84.9 Å². The van der Waals surface area contributed by atoms with Crippen molar-refractivity contribution in [2.45, 2.75) is 12.3 Å². The highest BCUT2D eigenvalue weighted by Gasteiger charge is 2.19. The van der Waals surface area contributed by atoms with Gasteiger partial charge in [-0.2, -0.15) is 0 Å². The summed E-state index contributed by atoms with van der Waals surface area (Å²) < 4.78 is 27.7. The molecule has 0 unspecified atom stereocenters. The van der Waals surface area contributed by atoms with E-state index in [0.29, 0.717) is 17.7 Å². The molecule has 0 saturated heterocycles. The van der Waals surface area contributed by atoms with Crippen LogP contribution in [0.4, 0.5) is 5.69 Å². The number of sulfonamides is 1. The highest BCUT2D eigenvalue weighted by Crippen LogP contribution is 2.20. The number of rotatable bonds is 7. The second-order valence-corrected chi connectivity index (χ2v) is 8.26. The van der Waals surface area contributed by atoms with E-state index in [1.54, 1.807) is 60.5 Å². The summed E-state index contributed by atoms with van der Waals surface area (Å²) in [5, 5.41) is 0. The van der Waals surface area contributed by atoms with E-state index in [2.05, 4.69) is 4.72 Å². The Morgan fingerprint density at radius 1 is 0.821 bits per heavy atom. The molecule has 0 bridgehead atoms. The number of para-hydroxylation sites is 1. The monoisotopic (exact) mass is 394 g/mol. The Balaban J connectivity index is 1.77. The number of benzene rings is 3. The third-order valence-electron chi connectivity index (χ3n) is 4.23. The van der Waals surface area contributed by atoms with Crippen molar-refractivity contribution in [3.63, 3.8) is 0 Å². The van der Waals surface area contributed by atoms with Gasteiger partial charge in [0, 0.05) is 13.6 Å². The fraction of sp³-hybridized carbons (Fsp3) is 0.136. The molecule has 144 valence electrons. The van der Waals surface area contributed by atoms with Crippen LogP contribution < -0.4 is 4.72 Å². The second-order valence-electron chi connectivity index (χ2n) is 6.54. The van der Waals surface area contributed by atoms with Gasteiger partial charge < -0.3 is 4.90 Å². The van der Waals surface area contributed by atoms with Crippen LogP contribution in [-0.4, -0.2) is 26.3 Å². The number of hydrogen-bond donors (Lipinski definition) is 1. The minimum atomic E-state index is -3.65. The largest absolute Gasteiger partial charge is 0.337 e. The lowest BCUT2D eigenvalue weighted by Gasteiger charge is -2.19. The Kier molecular flexibility index (Phi) is 6.11. The molecule has 28 heavy (non-hydrogen) atoms. The zero-order chi connectivity index (χ0) is 20.0. The molecule has 0 aliphatic rings. The van der Waals surface area contributed by atoms with Gasteiger partial charge in [0.15, 0.2) is 0 Å². The van der Waals surface area contributed by atoms with E-state index in [1.165, 1.54) is 0 Å². The first-order valence-corrected chi connectivity index (χ1v) is 10.5. The fourth-order valence-corrected chi connectivity index (χ4v) is 4.11. The van der Waals surface area contributed by atoms with Crippen molar-refractivity contribution in [1.29, 1.82) is 0 Å². The molecule has 0 radical (unpaired) electrons. The summed E-state index contributed by atoms with van der Waals surface area (Å²) in [5.41, 5.74) is 2.28. The Bertz CT molecular complexity index is 1040. The van der Waals surface area contributed by atoms with Crippen LogP contribution in [0.5, 0.6) is 0 Å². The molecule has 3 aromatic carbocycles. The van der Waals surface area contributed by atoms with Gasteiger partial charge in [0.25, 0.3) is 5.91 Å². The van der Waals surface area contributed by atoms with E-state index in [0.717, 1.165) is 5.56 Å². The topological polar surface area (TPSA) is 66.5 Å². The van der Waals surface area contributed by atoms with Gasteiger partial charge >= 0.3 is 0 Å². The smallest absolute Gasteiger partial charge is 0.256 e. The van der Waals surface area contributed by atoms with Gasteiger partial charge in [0.1, 0.15) is 0 Å². The number of carbonyl (C=O) groups is 1.